The van der Waals surface area contributed by atoms with Crippen molar-refractivity contribution in [2.75, 3.05) is 5.73 Å². The largest absolute Gasteiger partial charge is 0.497 e. The van der Waals surface area contributed by atoms with Crippen LogP contribution < -0.4 is 11.2 Å². The van der Waals surface area contributed by atoms with E-state index in [4.69, 9.17) is 15.0 Å². The van der Waals surface area contributed by atoms with Crippen LogP contribution in [0.5, 0.6) is 0 Å². The molecule has 1 aromatic carbocycles. The summed E-state index contributed by atoms with van der Waals surface area (Å²) in [4.78, 5) is 0. The maximum atomic E-state index is 13.4. The summed E-state index contributed by atoms with van der Waals surface area (Å²) in [5.41, 5.74) is 3.57. The van der Waals surface area contributed by atoms with Gasteiger partial charge in [0.25, 0.3) is 0 Å². The molecule has 0 atom stereocenters. The Bertz CT molecular complexity index is 518. The maximum Gasteiger partial charge on any atom is 0.497 e. The Morgan fingerprint density at radius 2 is 1.47 bits per heavy atom. The third-order valence-corrected chi connectivity index (χ3v) is 3.74. The van der Waals surface area contributed by atoms with Crippen molar-refractivity contribution in [1.29, 1.82) is 0 Å². The normalized spacial score (nSPS) is 20.9. The first-order valence-corrected chi connectivity index (χ1v) is 5.85. The molecule has 0 bridgehead atoms. The Kier molecular flexibility index (Phi) is 3.10. The van der Waals surface area contributed by atoms with Crippen LogP contribution in [0.1, 0.15) is 27.7 Å². The van der Waals surface area contributed by atoms with Gasteiger partial charge in [-0.25, -0.2) is 13.2 Å². The van der Waals surface area contributed by atoms with Crippen LogP contribution in [0.25, 0.3) is 0 Å². The molecule has 0 aliphatic carbocycles. The monoisotopic (exact) mass is 273 g/mol. The molecule has 1 fully saturated rings. The second kappa shape index (κ2) is 4.14. The second-order valence-electron chi connectivity index (χ2n) is 5.58. The van der Waals surface area contributed by atoms with Gasteiger partial charge in [0, 0.05) is 5.46 Å². The lowest BCUT2D eigenvalue weighted by Crippen LogP contribution is -2.41. The standard InChI is InChI=1S/C12H15BF3NO2/c1-11(2)12(3,4)19-13(18-11)6-5-7(14)8(15)9(16)10(6)17/h5H,17H2,1-4H3. The molecule has 0 aromatic heterocycles. The van der Waals surface area contributed by atoms with E-state index < -0.39 is 41.5 Å². The summed E-state index contributed by atoms with van der Waals surface area (Å²) in [5, 5.41) is 0. The molecule has 104 valence electrons. The summed E-state index contributed by atoms with van der Waals surface area (Å²) < 4.78 is 51.0. The number of hydrogen-bond donors (Lipinski definition) is 1. The highest BCUT2D eigenvalue weighted by atomic mass is 19.2. The van der Waals surface area contributed by atoms with E-state index in [9.17, 15) is 13.2 Å². The summed E-state index contributed by atoms with van der Waals surface area (Å²) in [5.74, 6) is -4.35. The zero-order chi connectivity index (χ0) is 14.6. The summed E-state index contributed by atoms with van der Waals surface area (Å²) in [6.07, 6.45) is 0. The molecule has 0 saturated carbocycles. The molecule has 1 aliphatic rings. The minimum absolute atomic E-state index is 0.0462. The molecular formula is C12H15BF3NO2. The smallest absolute Gasteiger partial charge is 0.399 e. The molecule has 19 heavy (non-hydrogen) atoms. The summed E-state index contributed by atoms with van der Waals surface area (Å²) in [6, 6.07) is 0.801. The van der Waals surface area contributed by atoms with Crippen LogP contribution in [-0.4, -0.2) is 18.3 Å². The van der Waals surface area contributed by atoms with Crippen molar-refractivity contribution in [3.05, 3.63) is 23.5 Å². The Morgan fingerprint density at radius 1 is 1.00 bits per heavy atom. The van der Waals surface area contributed by atoms with Crippen molar-refractivity contribution in [1.82, 2.24) is 0 Å². The molecule has 1 saturated heterocycles. The quantitative estimate of drug-likeness (QED) is 0.483. The highest BCUT2D eigenvalue weighted by Crippen LogP contribution is 2.37. The van der Waals surface area contributed by atoms with Crippen LogP contribution in [0.4, 0.5) is 18.9 Å². The van der Waals surface area contributed by atoms with Gasteiger partial charge in [0.05, 0.1) is 16.9 Å². The maximum absolute atomic E-state index is 13.4. The SMILES string of the molecule is CC1(C)OB(c2cc(F)c(F)c(F)c2N)OC1(C)C. The molecule has 1 aliphatic heterocycles. The minimum Gasteiger partial charge on any atom is -0.399 e. The number of anilines is 1. The van der Waals surface area contributed by atoms with Gasteiger partial charge in [-0.1, -0.05) is 0 Å². The highest BCUT2D eigenvalue weighted by molar-refractivity contribution is 6.63. The van der Waals surface area contributed by atoms with Gasteiger partial charge >= 0.3 is 7.12 Å². The number of hydrogen-bond acceptors (Lipinski definition) is 3. The Morgan fingerprint density at radius 3 is 1.95 bits per heavy atom. The second-order valence-corrected chi connectivity index (χ2v) is 5.58. The number of benzene rings is 1. The van der Waals surface area contributed by atoms with Crippen LogP contribution in [0, 0.1) is 17.5 Å². The Hall–Kier alpha value is -1.21. The average molecular weight is 273 g/mol. The highest BCUT2D eigenvalue weighted by Gasteiger charge is 2.52. The van der Waals surface area contributed by atoms with E-state index in [2.05, 4.69) is 0 Å². The van der Waals surface area contributed by atoms with Gasteiger partial charge in [0.2, 0.25) is 0 Å². The van der Waals surface area contributed by atoms with Crippen LogP contribution in [-0.2, 0) is 9.31 Å². The van der Waals surface area contributed by atoms with Gasteiger partial charge in [-0.15, -0.1) is 0 Å². The summed E-state index contributed by atoms with van der Waals surface area (Å²) in [7, 11) is -1.03. The summed E-state index contributed by atoms with van der Waals surface area (Å²) >= 11 is 0. The van der Waals surface area contributed by atoms with Crippen LogP contribution in [0.15, 0.2) is 6.07 Å². The molecule has 0 spiro atoms. The van der Waals surface area contributed by atoms with Crippen LogP contribution >= 0.6 is 0 Å². The van der Waals surface area contributed by atoms with E-state index in [1.807, 2.05) is 0 Å². The molecule has 0 radical (unpaired) electrons. The van der Waals surface area contributed by atoms with E-state index in [0.717, 1.165) is 6.07 Å². The first kappa shape index (κ1) is 14.2. The number of rotatable bonds is 1. The average Bonchev–Trinajstić information content (AvgIpc) is 2.50. The zero-order valence-corrected chi connectivity index (χ0v) is 11.2. The van der Waals surface area contributed by atoms with Gasteiger partial charge in [0.1, 0.15) is 0 Å². The molecule has 1 heterocycles. The Labute approximate surface area is 110 Å². The summed E-state index contributed by atoms with van der Waals surface area (Å²) in [6.45, 7) is 7.16. The Balaban J connectivity index is 2.46. The molecule has 0 unspecified atom stereocenters. The van der Waals surface area contributed by atoms with E-state index in [1.54, 1.807) is 27.7 Å². The number of nitrogens with two attached hydrogens (primary N) is 1. The lowest BCUT2D eigenvalue weighted by molar-refractivity contribution is 0.00578. The molecule has 7 heteroatoms. The molecule has 0 amide bonds. The first-order valence-electron chi connectivity index (χ1n) is 5.85. The molecule has 2 N–H and O–H groups in total. The number of nitrogen functional groups attached to an aromatic ring is 1. The van der Waals surface area contributed by atoms with Gasteiger partial charge in [-0.05, 0) is 33.8 Å². The van der Waals surface area contributed by atoms with Gasteiger partial charge in [0.15, 0.2) is 17.5 Å². The lowest BCUT2D eigenvalue weighted by atomic mass is 9.77. The minimum atomic E-state index is -1.60. The van der Waals surface area contributed by atoms with Gasteiger partial charge < -0.3 is 15.0 Å². The van der Waals surface area contributed by atoms with Gasteiger partial charge in [-0.3, -0.25) is 0 Å². The topological polar surface area (TPSA) is 44.5 Å². The molecule has 3 nitrogen and oxygen atoms in total. The number of halogens is 3. The van der Waals surface area contributed by atoms with E-state index >= 15 is 0 Å². The zero-order valence-electron chi connectivity index (χ0n) is 11.2. The van der Waals surface area contributed by atoms with Gasteiger partial charge in [-0.2, -0.15) is 0 Å². The fourth-order valence-corrected chi connectivity index (χ4v) is 1.79. The lowest BCUT2D eigenvalue weighted by Gasteiger charge is -2.32. The van der Waals surface area contributed by atoms with Crippen molar-refractivity contribution < 1.29 is 22.5 Å². The first-order chi connectivity index (χ1) is 8.57. The van der Waals surface area contributed by atoms with Crippen LogP contribution in [0.2, 0.25) is 0 Å². The fraction of sp³-hybridized carbons (Fsp3) is 0.500. The molecule has 1 aromatic rings. The van der Waals surface area contributed by atoms with Crippen LogP contribution in [0.3, 0.4) is 0 Å². The van der Waals surface area contributed by atoms with E-state index in [-0.39, 0.29) is 5.46 Å². The third-order valence-electron chi connectivity index (χ3n) is 3.74. The van der Waals surface area contributed by atoms with E-state index in [0.29, 0.717) is 0 Å². The van der Waals surface area contributed by atoms with Crippen molar-refractivity contribution >= 4 is 18.3 Å². The predicted molar refractivity (Wildman–Crippen MR) is 66.4 cm³/mol. The van der Waals surface area contributed by atoms with Crippen molar-refractivity contribution in [3.63, 3.8) is 0 Å². The van der Waals surface area contributed by atoms with Crippen molar-refractivity contribution in [2.24, 2.45) is 0 Å². The van der Waals surface area contributed by atoms with E-state index in [1.165, 1.54) is 0 Å². The third kappa shape index (κ3) is 2.10. The predicted octanol–water partition coefficient (Wildman–Crippen LogP) is 1.99. The van der Waals surface area contributed by atoms with Crippen molar-refractivity contribution in [2.45, 2.75) is 38.9 Å². The fourth-order valence-electron chi connectivity index (χ4n) is 1.79. The molecular weight excluding hydrogens is 258 g/mol. The van der Waals surface area contributed by atoms with Crippen molar-refractivity contribution in [3.8, 4) is 0 Å². The molecule has 2 rings (SSSR count).